The zero-order valence-corrected chi connectivity index (χ0v) is 22.6. The monoisotopic (exact) mass is 450 g/mol. The smallest absolute Gasteiger partial charge is 0.0505 e. The fourth-order valence-corrected chi connectivity index (χ4v) is 6.80. The Morgan fingerprint density at radius 2 is 1.23 bits per heavy atom. The fraction of sp³-hybridized carbons (Fsp3) is 0.786. The first-order valence-corrected chi connectivity index (χ1v) is 14.6. The summed E-state index contributed by atoms with van der Waals surface area (Å²) >= 11 is 4.50. The van der Waals surface area contributed by atoms with Gasteiger partial charge >= 0.3 is 0 Å². The summed E-state index contributed by atoms with van der Waals surface area (Å²) in [5.41, 5.74) is 4.65. The summed E-state index contributed by atoms with van der Waals surface area (Å²) in [6.45, 7) is 13.7. The molecule has 0 amide bonds. The van der Waals surface area contributed by atoms with Crippen molar-refractivity contribution < 1.29 is 0 Å². The van der Waals surface area contributed by atoms with Crippen molar-refractivity contribution in [2.24, 2.45) is 11.8 Å². The van der Waals surface area contributed by atoms with Crippen molar-refractivity contribution in [3.05, 3.63) is 34.9 Å². The van der Waals surface area contributed by atoms with Crippen LogP contribution in [0.4, 0.5) is 0 Å². The predicted octanol–water partition coefficient (Wildman–Crippen LogP) is 10.2. The van der Waals surface area contributed by atoms with Crippen molar-refractivity contribution in [1.82, 2.24) is 0 Å². The minimum absolute atomic E-state index is 0.789. The summed E-state index contributed by atoms with van der Waals surface area (Å²) in [4.78, 5) is 0. The summed E-state index contributed by atoms with van der Waals surface area (Å²) in [6.07, 6.45) is 22.1. The van der Waals surface area contributed by atoms with Gasteiger partial charge in [-0.3, -0.25) is 0 Å². The van der Waals surface area contributed by atoms with E-state index in [-0.39, 0.29) is 0 Å². The molecule has 0 radical (unpaired) electrons. The number of thioether (sulfide) groups is 2. The molecule has 2 unspecified atom stereocenters. The molecule has 1 aliphatic rings. The summed E-state index contributed by atoms with van der Waals surface area (Å²) in [7, 11) is 0. The molecule has 0 aromatic carbocycles. The van der Waals surface area contributed by atoms with Gasteiger partial charge < -0.3 is 0 Å². The molecule has 174 valence electrons. The maximum atomic E-state index is 2.56. The van der Waals surface area contributed by atoms with E-state index in [4.69, 9.17) is 0 Å². The Bertz CT molecular complexity index is 481. The van der Waals surface area contributed by atoms with Crippen LogP contribution < -0.4 is 0 Å². The quantitative estimate of drug-likeness (QED) is 0.160. The van der Waals surface area contributed by atoms with E-state index < -0.39 is 0 Å². The number of allylic oxidation sites excluding steroid dienone is 6. The molecule has 1 aliphatic carbocycles. The van der Waals surface area contributed by atoms with Crippen molar-refractivity contribution in [2.75, 3.05) is 11.5 Å². The van der Waals surface area contributed by atoms with Gasteiger partial charge in [-0.05, 0) is 122 Å². The van der Waals surface area contributed by atoms with Gasteiger partial charge in [0.05, 0.1) is 4.58 Å². The molecule has 1 rings (SSSR count). The van der Waals surface area contributed by atoms with Gasteiger partial charge in [-0.15, -0.1) is 23.5 Å². The van der Waals surface area contributed by atoms with Gasteiger partial charge in [0.1, 0.15) is 0 Å². The van der Waals surface area contributed by atoms with Crippen LogP contribution in [0.25, 0.3) is 0 Å². The summed E-state index contributed by atoms with van der Waals surface area (Å²) in [5, 5.41) is 0. The zero-order chi connectivity index (χ0) is 22.2. The van der Waals surface area contributed by atoms with Crippen molar-refractivity contribution >= 4 is 23.5 Å². The molecule has 0 nitrogen and oxygen atoms in total. The van der Waals surface area contributed by atoms with Crippen LogP contribution in [0, 0.1) is 11.8 Å². The highest BCUT2D eigenvalue weighted by Crippen LogP contribution is 2.33. The lowest BCUT2D eigenvalue weighted by Crippen LogP contribution is -2.05. The first kappa shape index (κ1) is 28.0. The van der Waals surface area contributed by atoms with Crippen molar-refractivity contribution in [3.63, 3.8) is 0 Å². The van der Waals surface area contributed by atoms with Gasteiger partial charge in [-0.2, -0.15) is 0 Å². The molecule has 1 saturated carbocycles. The fourth-order valence-electron chi connectivity index (χ4n) is 3.63. The Balaban J connectivity index is 2.30. The number of hydrogen-bond acceptors (Lipinski definition) is 2. The second-order valence-corrected chi connectivity index (χ2v) is 12.9. The van der Waals surface area contributed by atoms with E-state index in [1.54, 1.807) is 5.57 Å². The van der Waals surface area contributed by atoms with Gasteiger partial charge in [0, 0.05) is 0 Å². The van der Waals surface area contributed by atoms with Gasteiger partial charge in [-0.25, -0.2) is 0 Å². The van der Waals surface area contributed by atoms with E-state index in [2.05, 4.69) is 83.3 Å². The summed E-state index contributed by atoms with van der Waals surface area (Å²) in [6, 6.07) is 0. The molecule has 0 heterocycles. The maximum Gasteiger partial charge on any atom is 0.0505 e. The standard InChI is InChI=1S/C28H50S2/c1-23(2)11-7-13-25(5)19-21-29-28(18-10-17-27-15-9-16-27)30-22-20-26(6)14-8-12-24(3)4/h11-12,17,25-26,28H,7-10,13-16,18-22H2,1-6H3. The van der Waals surface area contributed by atoms with Gasteiger partial charge in [0.15, 0.2) is 0 Å². The molecule has 0 aromatic rings. The van der Waals surface area contributed by atoms with Gasteiger partial charge in [0.2, 0.25) is 0 Å². The molecule has 0 saturated heterocycles. The van der Waals surface area contributed by atoms with Crippen LogP contribution in [0.1, 0.15) is 112 Å². The van der Waals surface area contributed by atoms with E-state index in [0.29, 0.717) is 0 Å². The highest BCUT2D eigenvalue weighted by atomic mass is 32.2. The third-order valence-corrected chi connectivity index (χ3v) is 9.06. The Labute approximate surface area is 198 Å². The third-order valence-electron chi connectivity index (χ3n) is 6.08. The molecule has 0 spiro atoms. The largest absolute Gasteiger partial charge is 0.148 e. The third kappa shape index (κ3) is 15.7. The van der Waals surface area contributed by atoms with Crippen LogP contribution in [0.5, 0.6) is 0 Å². The van der Waals surface area contributed by atoms with Gasteiger partial charge in [0.25, 0.3) is 0 Å². The van der Waals surface area contributed by atoms with Crippen molar-refractivity contribution in [2.45, 2.75) is 117 Å². The molecule has 0 aromatic heterocycles. The zero-order valence-electron chi connectivity index (χ0n) is 21.0. The normalized spacial score (nSPS) is 16.4. The van der Waals surface area contributed by atoms with Crippen LogP contribution in [-0.2, 0) is 0 Å². The SMILES string of the molecule is CC(C)=CCCC(C)CCSC(CCC=C1CCC1)SCCC(C)CCC=C(C)C. The lowest BCUT2D eigenvalue weighted by molar-refractivity contribution is 0.524. The Kier molecular flexibility index (Phi) is 16.3. The Morgan fingerprint density at radius 1 is 0.733 bits per heavy atom. The van der Waals surface area contributed by atoms with E-state index in [9.17, 15) is 0 Å². The Hall–Kier alpha value is -0.0800. The number of rotatable bonds is 17. The maximum absolute atomic E-state index is 2.56. The molecule has 0 aliphatic heterocycles. The first-order valence-electron chi connectivity index (χ1n) is 12.5. The lowest BCUT2D eigenvalue weighted by Gasteiger charge is -2.20. The predicted molar refractivity (Wildman–Crippen MR) is 145 cm³/mol. The molecule has 2 atom stereocenters. The number of hydrogen-bond donors (Lipinski definition) is 0. The molecule has 0 bridgehead atoms. The second kappa shape index (κ2) is 17.5. The first-order chi connectivity index (χ1) is 14.4. The van der Waals surface area contributed by atoms with E-state index in [1.165, 1.54) is 93.3 Å². The van der Waals surface area contributed by atoms with Crippen LogP contribution in [-0.4, -0.2) is 16.1 Å². The molecule has 1 fully saturated rings. The highest BCUT2D eigenvalue weighted by Gasteiger charge is 2.13. The molecular formula is C28H50S2. The van der Waals surface area contributed by atoms with E-state index in [1.807, 2.05) is 0 Å². The molecule has 30 heavy (non-hydrogen) atoms. The molecular weight excluding hydrogens is 400 g/mol. The lowest BCUT2D eigenvalue weighted by atomic mass is 9.91. The highest BCUT2D eigenvalue weighted by molar-refractivity contribution is 8.17. The minimum atomic E-state index is 0.789. The van der Waals surface area contributed by atoms with Crippen molar-refractivity contribution in [1.29, 1.82) is 0 Å². The minimum Gasteiger partial charge on any atom is -0.148 e. The van der Waals surface area contributed by atoms with Gasteiger partial charge in [-0.1, -0.05) is 48.8 Å². The van der Waals surface area contributed by atoms with Crippen molar-refractivity contribution in [3.8, 4) is 0 Å². The van der Waals surface area contributed by atoms with Crippen LogP contribution in [0.3, 0.4) is 0 Å². The van der Waals surface area contributed by atoms with Crippen LogP contribution in [0.2, 0.25) is 0 Å². The van der Waals surface area contributed by atoms with E-state index >= 15 is 0 Å². The second-order valence-electron chi connectivity index (χ2n) is 9.97. The van der Waals surface area contributed by atoms with E-state index in [0.717, 1.165) is 16.4 Å². The molecule has 0 N–H and O–H groups in total. The summed E-state index contributed by atoms with van der Waals surface area (Å²) < 4.78 is 0.789. The average molecular weight is 451 g/mol. The average Bonchev–Trinajstić information content (AvgIpc) is 2.62. The van der Waals surface area contributed by atoms with Crippen LogP contribution >= 0.6 is 23.5 Å². The van der Waals surface area contributed by atoms with Crippen LogP contribution in [0.15, 0.2) is 34.9 Å². The Morgan fingerprint density at radius 3 is 1.63 bits per heavy atom. The topological polar surface area (TPSA) is 0 Å². The molecule has 2 heteroatoms. The summed E-state index contributed by atoms with van der Waals surface area (Å²) in [5.74, 6) is 4.37.